The minimum Gasteiger partial charge on any atom is -0.422 e. The van der Waals surface area contributed by atoms with Crippen molar-refractivity contribution in [2.75, 3.05) is 6.54 Å². The normalized spacial score (nSPS) is 15.1. The van der Waals surface area contributed by atoms with Crippen LogP contribution in [0.1, 0.15) is 16.1 Å². The molecule has 1 aromatic heterocycles. The highest BCUT2D eigenvalue weighted by molar-refractivity contribution is 6.57. The van der Waals surface area contributed by atoms with E-state index in [1.807, 2.05) is 0 Å². The Morgan fingerprint density at radius 3 is 2.85 bits per heavy atom. The number of aromatic nitrogens is 1. The molecule has 2 rings (SSSR count). The maximum Gasteiger partial charge on any atom is 0.505 e. The second kappa shape index (κ2) is 2.90. The van der Waals surface area contributed by atoms with Crippen molar-refractivity contribution in [2.24, 2.45) is 0 Å². The molecular weight excluding hydrogens is 171 g/mol. The second-order valence-electron chi connectivity index (χ2n) is 3.00. The van der Waals surface area contributed by atoms with Crippen molar-refractivity contribution in [1.82, 2.24) is 10.3 Å². The van der Waals surface area contributed by atoms with Gasteiger partial charge in [-0.1, -0.05) is 0 Å². The van der Waals surface area contributed by atoms with Crippen molar-refractivity contribution < 1.29 is 14.8 Å². The highest BCUT2D eigenvalue weighted by Gasteiger charge is 2.23. The Kier molecular flexibility index (Phi) is 1.86. The van der Waals surface area contributed by atoms with Crippen LogP contribution in [0.3, 0.4) is 0 Å². The van der Waals surface area contributed by atoms with Crippen molar-refractivity contribution in [3.63, 3.8) is 0 Å². The molecule has 0 atom stereocenters. The summed E-state index contributed by atoms with van der Waals surface area (Å²) in [5.41, 5.74) is 1.54. The van der Waals surface area contributed by atoms with Crippen LogP contribution in [0.4, 0.5) is 0 Å². The van der Waals surface area contributed by atoms with Gasteiger partial charge < -0.3 is 20.3 Å². The first-order valence-electron chi connectivity index (χ1n) is 4.04. The molecule has 0 aliphatic carbocycles. The fraction of sp³-hybridized carbons (Fsp3) is 0.286. The molecule has 1 aliphatic heterocycles. The fourth-order valence-corrected chi connectivity index (χ4v) is 1.46. The highest BCUT2D eigenvalue weighted by atomic mass is 16.4. The van der Waals surface area contributed by atoms with E-state index in [1.54, 1.807) is 0 Å². The van der Waals surface area contributed by atoms with Crippen LogP contribution in [0.5, 0.6) is 0 Å². The first-order chi connectivity index (χ1) is 6.18. The second-order valence-corrected chi connectivity index (χ2v) is 3.00. The molecule has 2 heterocycles. The maximum atomic E-state index is 11.2. The molecule has 0 saturated carbocycles. The van der Waals surface area contributed by atoms with E-state index in [0.29, 0.717) is 18.5 Å². The molecule has 1 aliphatic rings. The number of rotatable bonds is 1. The van der Waals surface area contributed by atoms with Crippen LogP contribution in [0, 0.1) is 0 Å². The van der Waals surface area contributed by atoms with E-state index in [2.05, 4.69) is 10.3 Å². The number of carbonyl (C=O) groups is 1. The van der Waals surface area contributed by atoms with E-state index in [-0.39, 0.29) is 11.5 Å². The average Bonchev–Trinajstić information content (AvgIpc) is 2.49. The lowest BCUT2D eigenvalue weighted by atomic mass is 9.86. The summed E-state index contributed by atoms with van der Waals surface area (Å²) in [4.78, 5) is 14.0. The van der Waals surface area contributed by atoms with E-state index in [9.17, 15) is 4.79 Å². The maximum absolute atomic E-state index is 11.2. The van der Waals surface area contributed by atoms with Gasteiger partial charge in [0.2, 0.25) is 0 Å². The van der Waals surface area contributed by atoms with Crippen molar-refractivity contribution in [2.45, 2.75) is 6.42 Å². The fourth-order valence-electron chi connectivity index (χ4n) is 1.46. The predicted octanol–water partition coefficient (Wildman–Crippen LogP) is -2.02. The zero-order valence-corrected chi connectivity index (χ0v) is 6.87. The molecule has 68 valence electrons. The molecular formula is C7H9BN2O3. The van der Waals surface area contributed by atoms with Crippen LogP contribution in [0.25, 0.3) is 0 Å². The molecule has 0 saturated heterocycles. The minimum absolute atomic E-state index is 0.163. The Balaban J connectivity index is 2.42. The number of fused-ring (bicyclic) bond motifs is 1. The van der Waals surface area contributed by atoms with Crippen molar-refractivity contribution >= 4 is 18.6 Å². The number of aromatic amines is 1. The summed E-state index contributed by atoms with van der Waals surface area (Å²) in [6.07, 6.45) is 0.702. The zero-order valence-electron chi connectivity index (χ0n) is 6.87. The molecule has 0 fully saturated rings. The van der Waals surface area contributed by atoms with Gasteiger partial charge in [0.1, 0.15) is 0 Å². The van der Waals surface area contributed by atoms with E-state index >= 15 is 0 Å². The van der Waals surface area contributed by atoms with Gasteiger partial charge in [0.05, 0.1) is 5.56 Å². The third-order valence-corrected chi connectivity index (χ3v) is 2.10. The lowest BCUT2D eigenvalue weighted by Crippen LogP contribution is -2.31. The van der Waals surface area contributed by atoms with Gasteiger partial charge in [-0.05, 0) is 6.07 Å². The van der Waals surface area contributed by atoms with Crippen LogP contribution in [0.15, 0.2) is 6.07 Å². The van der Waals surface area contributed by atoms with Gasteiger partial charge in [-0.2, -0.15) is 0 Å². The number of hydrogen-bond acceptors (Lipinski definition) is 3. The van der Waals surface area contributed by atoms with Crippen LogP contribution in [-0.2, 0) is 6.42 Å². The highest BCUT2D eigenvalue weighted by Crippen LogP contribution is 2.09. The van der Waals surface area contributed by atoms with E-state index < -0.39 is 7.12 Å². The van der Waals surface area contributed by atoms with Gasteiger partial charge in [-0.25, -0.2) is 0 Å². The first kappa shape index (κ1) is 8.34. The quantitative estimate of drug-likeness (QED) is 0.376. The van der Waals surface area contributed by atoms with Crippen molar-refractivity contribution in [1.29, 1.82) is 0 Å². The molecule has 13 heavy (non-hydrogen) atoms. The van der Waals surface area contributed by atoms with Crippen molar-refractivity contribution in [3.05, 3.63) is 17.3 Å². The number of amides is 1. The lowest BCUT2D eigenvalue weighted by molar-refractivity contribution is 0.0946. The molecule has 0 bridgehead atoms. The Morgan fingerprint density at radius 2 is 2.23 bits per heavy atom. The summed E-state index contributed by atoms with van der Waals surface area (Å²) in [6.45, 7) is 0.591. The monoisotopic (exact) mass is 180 g/mol. The summed E-state index contributed by atoms with van der Waals surface area (Å²) in [5, 5.41) is 20.4. The van der Waals surface area contributed by atoms with Crippen LogP contribution in [0.2, 0.25) is 0 Å². The molecule has 0 aromatic carbocycles. The van der Waals surface area contributed by atoms with Crippen LogP contribution >= 0.6 is 0 Å². The lowest BCUT2D eigenvalue weighted by Gasteiger charge is -2.11. The Labute approximate surface area is 74.9 Å². The molecule has 5 nitrogen and oxygen atoms in total. The van der Waals surface area contributed by atoms with E-state index in [1.165, 1.54) is 6.07 Å². The van der Waals surface area contributed by atoms with Gasteiger partial charge in [0, 0.05) is 24.3 Å². The third kappa shape index (κ3) is 1.34. The summed E-state index contributed by atoms with van der Waals surface area (Å²) < 4.78 is 0. The Hall–Kier alpha value is -1.27. The number of nitrogens with one attached hydrogen (secondary N) is 2. The SMILES string of the molecule is O=C1NCCc2[nH]c(B(O)O)cc21. The number of H-pyrrole nitrogens is 1. The Morgan fingerprint density at radius 1 is 1.46 bits per heavy atom. The predicted molar refractivity (Wildman–Crippen MR) is 46.7 cm³/mol. The first-order valence-corrected chi connectivity index (χ1v) is 4.04. The molecule has 0 unspecified atom stereocenters. The van der Waals surface area contributed by atoms with Gasteiger partial charge in [0.25, 0.3) is 5.91 Å². The smallest absolute Gasteiger partial charge is 0.422 e. The van der Waals surface area contributed by atoms with Gasteiger partial charge in [-0.15, -0.1) is 0 Å². The van der Waals surface area contributed by atoms with Crippen molar-refractivity contribution in [3.8, 4) is 0 Å². The molecule has 1 amide bonds. The standard InChI is InChI=1S/C7H9BN2O3/c11-7-4-3-6(8(12)13)10-5(4)1-2-9-7/h3,10,12-13H,1-2H2,(H,9,11). The summed E-state index contributed by atoms with van der Waals surface area (Å²) in [7, 11) is -1.54. The molecule has 6 heteroatoms. The van der Waals surface area contributed by atoms with Crippen LogP contribution in [-0.4, -0.2) is 34.6 Å². The molecule has 4 N–H and O–H groups in total. The van der Waals surface area contributed by atoms with Gasteiger partial charge >= 0.3 is 7.12 Å². The van der Waals surface area contributed by atoms with Crippen LogP contribution < -0.4 is 10.9 Å². The minimum atomic E-state index is -1.54. The van der Waals surface area contributed by atoms with E-state index in [0.717, 1.165) is 5.69 Å². The van der Waals surface area contributed by atoms with E-state index in [4.69, 9.17) is 10.0 Å². The number of hydrogen-bond donors (Lipinski definition) is 4. The molecule has 0 spiro atoms. The summed E-state index contributed by atoms with van der Waals surface area (Å²) in [5.74, 6) is -0.163. The topological polar surface area (TPSA) is 85.4 Å². The average molecular weight is 180 g/mol. The van der Waals surface area contributed by atoms with Gasteiger partial charge in [0.15, 0.2) is 0 Å². The zero-order chi connectivity index (χ0) is 9.42. The molecule has 1 aromatic rings. The molecule has 0 radical (unpaired) electrons. The Bertz CT molecular complexity index is 348. The summed E-state index contributed by atoms with van der Waals surface area (Å²) >= 11 is 0. The third-order valence-electron chi connectivity index (χ3n) is 2.10. The number of carbonyl (C=O) groups excluding carboxylic acids is 1. The largest absolute Gasteiger partial charge is 0.505 e. The summed E-state index contributed by atoms with van der Waals surface area (Å²) in [6, 6.07) is 1.47. The van der Waals surface area contributed by atoms with Gasteiger partial charge in [-0.3, -0.25) is 4.79 Å².